The van der Waals surface area contributed by atoms with E-state index in [0.717, 1.165) is 9.90 Å². The van der Waals surface area contributed by atoms with Crippen LogP contribution in [0.1, 0.15) is 44.1 Å². The molecule has 0 saturated heterocycles. The van der Waals surface area contributed by atoms with E-state index in [2.05, 4.69) is 0 Å². The van der Waals surface area contributed by atoms with Crippen LogP contribution in [0.4, 0.5) is 0 Å². The molecule has 1 fully saturated rings. The number of carbonyl (C=O) groups is 1. The molecule has 1 heterocycles. The molecule has 1 aromatic heterocycles. The predicted molar refractivity (Wildman–Crippen MR) is 112 cm³/mol. The molecular formula is C21H29ClO5S. The molecule has 4 N–H and O–H groups in total. The summed E-state index contributed by atoms with van der Waals surface area (Å²) < 4.78 is 0.751. The molecule has 1 saturated carbocycles. The number of halogens is 1. The Hall–Kier alpha value is -1.18. The first-order valence-electron chi connectivity index (χ1n) is 9.69. The molecule has 0 aliphatic heterocycles. The van der Waals surface area contributed by atoms with Crippen LogP contribution >= 0.6 is 22.9 Å². The van der Waals surface area contributed by atoms with Gasteiger partial charge in [-0.2, -0.15) is 0 Å². The fourth-order valence-corrected chi connectivity index (χ4v) is 4.59. The quantitative estimate of drug-likeness (QED) is 0.317. The fraction of sp³-hybridized carbons (Fsp3) is 0.571. The topological polar surface area (TPSA) is 98.0 Å². The lowest BCUT2D eigenvalue weighted by molar-refractivity contribution is -0.137. The molecule has 5 nitrogen and oxygen atoms in total. The molecule has 1 aliphatic carbocycles. The first-order valence-corrected chi connectivity index (χ1v) is 11.0. The average molecular weight is 429 g/mol. The van der Waals surface area contributed by atoms with E-state index in [4.69, 9.17) is 16.7 Å². The van der Waals surface area contributed by atoms with E-state index >= 15 is 0 Å². The lowest BCUT2D eigenvalue weighted by Crippen LogP contribution is -2.20. The van der Waals surface area contributed by atoms with E-state index in [1.165, 1.54) is 11.3 Å². The van der Waals surface area contributed by atoms with Gasteiger partial charge in [0.15, 0.2) is 0 Å². The standard InChI is InChI=1S/C21H29ClO5S/c22-21-14(11-12-28-21)7-8-15(23)9-10-17-16(18(24)13-19(17)25)5-3-1-2-4-6-20(26)27/h1,3,9-12,15-19,23-25H,2,4-8,13H2,(H,26,27)/b3-1-,10-9+/t15?,16-,17-,18?,19?/m1/s1. The Morgan fingerprint density at radius 3 is 2.79 bits per heavy atom. The van der Waals surface area contributed by atoms with Gasteiger partial charge in [0.1, 0.15) is 0 Å². The summed E-state index contributed by atoms with van der Waals surface area (Å²) in [7, 11) is 0. The van der Waals surface area contributed by atoms with Crippen molar-refractivity contribution in [2.45, 2.75) is 63.3 Å². The highest BCUT2D eigenvalue weighted by atomic mass is 35.5. The van der Waals surface area contributed by atoms with Gasteiger partial charge in [-0.3, -0.25) is 4.79 Å². The maximum absolute atomic E-state index is 10.5. The maximum atomic E-state index is 10.5. The largest absolute Gasteiger partial charge is 0.481 e. The Balaban J connectivity index is 1.82. The van der Waals surface area contributed by atoms with Gasteiger partial charge in [-0.25, -0.2) is 0 Å². The first kappa shape index (κ1) is 23.1. The zero-order valence-electron chi connectivity index (χ0n) is 15.8. The van der Waals surface area contributed by atoms with E-state index in [-0.39, 0.29) is 18.3 Å². The molecule has 0 radical (unpaired) electrons. The van der Waals surface area contributed by atoms with Gasteiger partial charge in [0.2, 0.25) is 0 Å². The fourth-order valence-electron chi connectivity index (χ4n) is 3.60. The number of hydrogen-bond donors (Lipinski definition) is 4. The Bertz CT molecular complexity index is 672. The lowest BCUT2D eigenvalue weighted by atomic mass is 9.89. The number of aliphatic carboxylic acids is 1. The van der Waals surface area contributed by atoms with Gasteiger partial charge >= 0.3 is 5.97 Å². The zero-order valence-corrected chi connectivity index (χ0v) is 17.4. The summed E-state index contributed by atoms with van der Waals surface area (Å²) in [6.45, 7) is 0. The third-order valence-corrected chi connectivity index (χ3v) is 6.46. The van der Waals surface area contributed by atoms with E-state index in [9.17, 15) is 20.1 Å². The van der Waals surface area contributed by atoms with Gasteiger partial charge in [0.25, 0.3) is 0 Å². The van der Waals surface area contributed by atoms with Gasteiger partial charge < -0.3 is 20.4 Å². The molecule has 0 bridgehead atoms. The highest BCUT2D eigenvalue weighted by molar-refractivity contribution is 7.14. The van der Waals surface area contributed by atoms with Crippen LogP contribution in [0, 0.1) is 11.8 Å². The number of carboxylic acids is 1. The summed E-state index contributed by atoms with van der Waals surface area (Å²) in [5.74, 6) is -1.12. The number of aliphatic hydroxyl groups is 3. The van der Waals surface area contributed by atoms with Crippen molar-refractivity contribution in [2.24, 2.45) is 11.8 Å². The van der Waals surface area contributed by atoms with Crippen LogP contribution in [0.15, 0.2) is 35.8 Å². The Morgan fingerprint density at radius 1 is 1.32 bits per heavy atom. The van der Waals surface area contributed by atoms with E-state index < -0.39 is 24.3 Å². The number of aryl methyl sites for hydroxylation is 1. The summed E-state index contributed by atoms with van der Waals surface area (Å²) in [6, 6.07) is 1.96. The van der Waals surface area contributed by atoms with E-state index in [0.29, 0.717) is 38.5 Å². The molecule has 1 aromatic rings. The molecule has 0 amide bonds. The van der Waals surface area contributed by atoms with Crippen LogP contribution in [0.2, 0.25) is 4.34 Å². The second-order valence-electron chi connectivity index (χ2n) is 7.32. The third kappa shape index (κ3) is 7.33. The molecule has 1 aliphatic rings. The second kappa shape index (κ2) is 11.7. The Labute approximate surface area is 175 Å². The van der Waals surface area contributed by atoms with Gasteiger partial charge in [-0.05, 0) is 55.0 Å². The molecular weight excluding hydrogens is 400 g/mol. The molecule has 2 rings (SSSR count). The van der Waals surface area contributed by atoms with Crippen molar-refractivity contribution >= 4 is 28.9 Å². The number of aliphatic hydroxyl groups excluding tert-OH is 3. The summed E-state index contributed by atoms with van der Waals surface area (Å²) in [5, 5.41) is 41.3. The second-order valence-corrected chi connectivity index (χ2v) is 8.83. The van der Waals surface area contributed by atoms with Crippen LogP contribution in [0.5, 0.6) is 0 Å². The minimum atomic E-state index is -0.798. The van der Waals surface area contributed by atoms with Gasteiger partial charge in [-0.15, -0.1) is 11.3 Å². The van der Waals surface area contributed by atoms with Crippen molar-refractivity contribution in [1.82, 2.24) is 0 Å². The molecule has 7 heteroatoms. The number of thiophene rings is 1. The highest BCUT2D eigenvalue weighted by Gasteiger charge is 2.39. The van der Waals surface area contributed by atoms with Gasteiger partial charge in [-0.1, -0.05) is 35.9 Å². The van der Waals surface area contributed by atoms with Crippen LogP contribution in [0.25, 0.3) is 0 Å². The van der Waals surface area contributed by atoms with Gasteiger partial charge in [0, 0.05) is 18.8 Å². The van der Waals surface area contributed by atoms with E-state index in [1.807, 2.05) is 29.7 Å². The Kier molecular flexibility index (Phi) is 9.68. The van der Waals surface area contributed by atoms with Gasteiger partial charge in [0.05, 0.1) is 22.6 Å². The molecule has 3 unspecified atom stereocenters. The number of allylic oxidation sites excluding steroid dienone is 2. The number of carboxylic acid groups (broad SMARTS) is 1. The zero-order chi connectivity index (χ0) is 20.5. The van der Waals surface area contributed by atoms with Crippen LogP contribution < -0.4 is 0 Å². The maximum Gasteiger partial charge on any atom is 0.303 e. The van der Waals surface area contributed by atoms with Crippen molar-refractivity contribution in [3.05, 3.63) is 45.7 Å². The van der Waals surface area contributed by atoms with Crippen molar-refractivity contribution in [3.8, 4) is 0 Å². The van der Waals surface area contributed by atoms with E-state index in [1.54, 1.807) is 6.08 Å². The molecule has 28 heavy (non-hydrogen) atoms. The average Bonchev–Trinajstić information content (AvgIpc) is 3.16. The SMILES string of the molecule is O=C(O)CCC/C=C\C[C@H]1C(O)CC(O)[C@@H]1/C=C/C(O)CCc1ccsc1Cl. The minimum absolute atomic E-state index is 0.111. The van der Waals surface area contributed by atoms with Crippen LogP contribution in [-0.4, -0.2) is 44.7 Å². The monoisotopic (exact) mass is 428 g/mol. The number of unbranched alkanes of at least 4 members (excludes halogenated alkanes) is 1. The van der Waals surface area contributed by atoms with Crippen molar-refractivity contribution < 1.29 is 25.2 Å². The third-order valence-electron chi connectivity index (χ3n) is 5.21. The molecule has 0 aromatic carbocycles. The van der Waals surface area contributed by atoms with Crippen molar-refractivity contribution in [1.29, 1.82) is 0 Å². The predicted octanol–water partition coefficient (Wildman–Crippen LogP) is 3.81. The van der Waals surface area contributed by atoms with Crippen molar-refractivity contribution in [3.63, 3.8) is 0 Å². The highest BCUT2D eigenvalue weighted by Crippen LogP contribution is 2.36. The molecule has 156 valence electrons. The lowest BCUT2D eigenvalue weighted by Gasteiger charge is -2.19. The summed E-state index contributed by atoms with van der Waals surface area (Å²) >= 11 is 7.55. The first-order chi connectivity index (χ1) is 13.4. The minimum Gasteiger partial charge on any atom is -0.481 e. The molecule has 0 spiro atoms. The summed E-state index contributed by atoms with van der Waals surface area (Å²) in [6.07, 6.45) is 9.15. The Morgan fingerprint density at radius 2 is 2.11 bits per heavy atom. The number of rotatable bonds is 11. The smallest absolute Gasteiger partial charge is 0.303 e. The number of hydrogen-bond acceptors (Lipinski definition) is 5. The van der Waals surface area contributed by atoms with Crippen LogP contribution in [-0.2, 0) is 11.2 Å². The normalized spacial score (nSPS) is 26.4. The van der Waals surface area contributed by atoms with Crippen LogP contribution in [0.3, 0.4) is 0 Å². The summed E-state index contributed by atoms with van der Waals surface area (Å²) in [5.41, 5.74) is 1.03. The van der Waals surface area contributed by atoms with Crippen molar-refractivity contribution in [2.75, 3.05) is 0 Å². The summed E-state index contributed by atoms with van der Waals surface area (Å²) in [4.78, 5) is 10.5. The molecule has 5 atom stereocenters.